The van der Waals surface area contributed by atoms with Gasteiger partial charge in [-0.25, -0.2) is 4.98 Å². The number of pyridine rings is 1. The number of hydrogen-bond acceptors (Lipinski definition) is 3. The Morgan fingerprint density at radius 1 is 1.25 bits per heavy atom. The Kier molecular flexibility index (Phi) is 4.94. The molecule has 5 heteroatoms. The molecule has 4 nitrogen and oxygen atoms in total. The quantitative estimate of drug-likeness (QED) is 0.826. The maximum absolute atomic E-state index is 11.7. The number of aryl methyl sites for hydroxylation is 2. The Hall–Kier alpha value is -1.63. The first-order chi connectivity index (χ1) is 9.54. The predicted octanol–water partition coefficient (Wildman–Crippen LogP) is 3.32. The van der Waals surface area contributed by atoms with Gasteiger partial charge in [-0.1, -0.05) is 6.07 Å². The van der Waals surface area contributed by atoms with E-state index in [1.165, 1.54) is 5.56 Å². The second-order valence-corrected chi connectivity index (χ2v) is 5.69. The molecule has 0 atom stereocenters. The first-order valence-electron chi connectivity index (χ1n) is 6.16. The summed E-state index contributed by atoms with van der Waals surface area (Å²) in [7, 11) is 0. The van der Waals surface area contributed by atoms with Gasteiger partial charge in [-0.15, -0.1) is 0 Å². The van der Waals surface area contributed by atoms with Crippen LogP contribution in [-0.2, 0) is 4.79 Å². The fraction of sp³-hybridized carbons (Fsp3) is 0.200. The number of hydrogen-bond donors (Lipinski definition) is 1. The summed E-state index contributed by atoms with van der Waals surface area (Å²) < 4.78 is 6.48. The molecule has 1 aromatic heterocycles. The van der Waals surface area contributed by atoms with E-state index in [4.69, 9.17) is 4.74 Å². The molecule has 0 aliphatic heterocycles. The maximum atomic E-state index is 11.7. The molecule has 2 aromatic rings. The van der Waals surface area contributed by atoms with Crippen LogP contribution in [0, 0.1) is 17.4 Å². The van der Waals surface area contributed by atoms with E-state index in [1.54, 1.807) is 12.3 Å². The lowest BCUT2D eigenvalue weighted by molar-refractivity contribution is -0.118. The van der Waals surface area contributed by atoms with Crippen molar-refractivity contribution in [2.75, 3.05) is 11.9 Å². The molecule has 0 bridgehead atoms. The lowest BCUT2D eigenvalue weighted by atomic mass is 10.1. The Balaban J connectivity index is 1.88. The number of amides is 1. The molecule has 0 radical (unpaired) electrons. The summed E-state index contributed by atoms with van der Waals surface area (Å²) in [6.07, 6.45) is 1.69. The summed E-state index contributed by atoms with van der Waals surface area (Å²) >= 11 is 2.16. The molecule has 0 saturated heterocycles. The second kappa shape index (κ2) is 6.69. The van der Waals surface area contributed by atoms with Gasteiger partial charge >= 0.3 is 0 Å². The van der Waals surface area contributed by atoms with Crippen LogP contribution in [-0.4, -0.2) is 17.5 Å². The van der Waals surface area contributed by atoms with Gasteiger partial charge in [0, 0.05) is 9.77 Å². The van der Waals surface area contributed by atoms with Crippen LogP contribution in [0.3, 0.4) is 0 Å². The van der Waals surface area contributed by atoms with Gasteiger partial charge < -0.3 is 10.1 Å². The highest BCUT2D eigenvalue weighted by atomic mass is 127. The molecule has 104 valence electrons. The van der Waals surface area contributed by atoms with Crippen molar-refractivity contribution in [1.29, 1.82) is 0 Å². The minimum absolute atomic E-state index is 0.0316. The van der Waals surface area contributed by atoms with Gasteiger partial charge in [-0.2, -0.15) is 0 Å². The monoisotopic (exact) mass is 382 g/mol. The smallest absolute Gasteiger partial charge is 0.263 e. The van der Waals surface area contributed by atoms with E-state index in [2.05, 4.69) is 32.9 Å². The van der Waals surface area contributed by atoms with Gasteiger partial charge in [0.2, 0.25) is 0 Å². The highest BCUT2D eigenvalue weighted by Crippen LogP contribution is 2.16. The first kappa shape index (κ1) is 14.8. The third kappa shape index (κ3) is 4.19. The summed E-state index contributed by atoms with van der Waals surface area (Å²) in [6.45, 7) is 4.02. The van der Waals surface area contributed by atoms with Crippen LogP contribution in [0.4, 0.5) is 5.82 Å². The molecule has 0 spiro atoms. The third-order valence-corrected chi connectivity index (χ3v) is 3.48. The van der Waals surface area contributed by atoms with E-state index in [0.29, 0.717) is 11.6 Å². The van der Waals surface area contributed by atoms with Crippen LogP contribution < -0.4 is 10.1 Å². The molecule has 0 unspecified atom stereocenters. The Bertz CT molecular complexity index is 612. The average Bonchev–Trinajstić information content (AvgIpc) is 2.43. The second-order valence-electron chi connectivity index (χ2n) is 4.44. The Morgan fingerprint density at radius 3 is 2.70 bits per heavy atom. The zero-order chi connectivity index (χ0) is 14.5. The largest absolute Gasteiger partial charge is 0.484 e. The number of nitrogens with one attached hydrogen (secondary N) is 1. The van der Waals surface area contributed by atoms with Crippen molar-refractivity contribution in [3.63, 3.8) is 0 Å². The van der Waals surface area contributed by atoms with Crippen molar-refractivity contribution in [2.24, 2.45) is 0 Å². The fourth-order valence-corrected chi connectivity index (χ4v) is 1.90. The standard InChI is InChI=1S/C15H15IN2O2/c1-10-3-5-13(7-11(10)2)20-9-15(19)18-14-6-4-12(16)8-17-14/h3-8H,9H2,1-2H3,(H,17,18,19). The molecule has 1 N–H and O–H groups in total. The summed E-state index contributed by atoms with van der Waals surface area (Å²) in [6, 6.07) is 9.40. The van der Waals surface area contributed by atoms with Gasteiger partial charge in [-0.05, 0) is 71.8 Å². The minimum Gasteiger partial charge on any atom is -0.484 e. The van der Waals surface area contributed by atoms with E-state index in [1.807, 2.05) is 38.1 Å². The molecule has 0 aliphatic rings. The molecule has 1 aromatic carbocycles. The van der Waals surface area contributed by atoms with Crippen molar-refractivity contribution < 1.29 is 9.53 Å². The van der Waals surface area contributed by atoms with Gasteiger partial charge in [0.15, 0.2) is 6.61 Å². The van der Waals surface area contributed by atoms with Crippen LogP contribution in [0.5, 0.6) is 5.75 Å². The number of carbonyl (C=O) groups excluding carboxylic acids is 1. The van der Waals surface area contributed by atoms with E-state index >= 15 is 0 Å². The van der Waals surface area contributed by atoms with Crippen LogP contribution in [0.25, 0.3) is 0 Å². The van der Waals surface area contributed by atoms with Crippen molar-refractivity contribution in [2.45, 2.75) is 13.8 Å². The highest BCUT2D eigenvalue weighted by molar-refractivity contribution is 14.1. The summed E-state index contributed by atoms with van der Waals surface area (Å²) in [5, 5.41) is 2.69. The number of nitrogens with zero attached hydrogens (tertiary/aromatic N) is 1. The minimum atomic E-state index is -0.225. The molecule has 1 heterocycles. The third-order valence-electron chi connectivity index (χ3n) is 2.84. The number of carbonyl (C=O) groups is 1. The normalized spacial score (nSPS) is 10.2. The first-order valence-corrected chi connectivity index (χ1v) is 7.24. The number of aromatic nitrogens is 1. The van der Waals surface area contributed by atoms with Gasteiger partial charge in [0.05, 0.1) is 0 Å². The maximum Gasteiger partial charge on any atom is 0.263 e. The van der Waals surface area contributed by atoms with Crippen LogP contribution in [0.15, 0.2) is 36.5 Å². The fourth-order valence-electron chi connectivity index (χ4n) is 1.58. The number of benzene rings is 1. The van der Waals surface area contributed by atoms with E-state index in [-0.39, 0.29) is 12.5 Å². The van der Waals surface area contributed by atoms with Gasteiger partial charge in [-0.3, -0.25) is 4.79 Å². The SMILES string of the molecule is Cc1ccc(OCC(=O)Nc2ccc(I)cn2)cc1C. The molecular formula is C15H15IN2O2. The van der Waals surface area contributed by atoms with Gasteiger partial charge in [0.1, 0.15) is 11.6 Å². The lowest BCUT2D eigenvalue weighted by Crippen LogP contribution is -2.20. The van der Waals surface area contributed by atoms with Gasteiger partial charge in [0.25, 0.3) is 5.91 Å². The molecule has 0 fully saturated rings. The zero-order valence-electron chi connectivity index (χ0n) is 11.3. The summed E-state index contributed by atoms with van der Waals surface area (Å²) in [5.41, 5.74) is 2.34. The number of rotatable bonds is 4. The summed E-state index contributed by atoms with van der Waals surface area (Å²) in [5.74, 6) is 0.995. The molecule has 2 rings (SSSR count). The van der Waals surface area contributed by atoms with E-state index < -0.39 is 0 Å². The van der Waals surface area contributed by atoms with Crippen LogP contribution in [0.2, 0.25) is 0 Å². The Labute approximate surface area is 131 Å². The van der Waals surface area contributed by atoms with Crippen molar-refractivity contribution >= 4 is 34.3 Å². The van der Waals surface area contributed by atoms with E-state index in [0.717, 1.165) is 9.13 Å². The number of ether oxygens (including phenoxy) is 1. The zero-order valence-corrected chi connectivity index (χ0v) is 13.5. The molecule has 20 heavy (non-hydrogen) atoms. The average molecular weight is 382 g/mol. The number of halogens is 1. The Morgan fingerprint density at radius 2 is 2.05 bits per heavy atom. The van der Waals surface area contributed by atoms with E-state index in [9.17, 15) is 4.79 Å². The van der Waals surface area contributed by atoms with Crippen molar-refractivity contribution in [1.82, 2.24) is 4.98 Å². The highest BCUT2D eigenvalue weighted by Gasteiger charge is 2.05. The van der Waals surface area contributed by atoms with Crippen molar-refractivity contribution in [3.8, 4) is 5.75 Å². The van der Waals surface area contributed by atoms with Crippen molar-refractivity contribution in [3.05, 3.63) is 51.2 Å². The molecule has 0 saturated carbocycles. The summed E-state index contributed by atoms with van der Waals surface area (Å²) in [4.78, 5) is 15.8. The lowest BCUT2D eigenvalue weighted by Gasteiger charge is -2.08. The molecule has 0 aliphatic carbocycles. The number of anilines is 1. The molecular weight excluding hydrogens is 367 g/mol. The van der Waals surface area contributed by atoms with Crippen LogP contribution >= 0.6 is 22.6 Å². The topological polar surface area (TPSA) is 51.2 Å². The molecule has 1 amide bonds. The van der Waals surface area contributed by atoms with Crippen LogP contribution in [0.1, 0.15) is 11.1 Å². The predicted molar refractivity (Wildman–Crippen MR) is 87.0 cm³/mol.